The lowest BCUT2D eigenvalue weighted by Gasteiger charge is -2.22. The van der Waals surface area contributed by atoms with E-state index in [0.29, 0.717) is 12.3 Å². The lowest BCUT2D eigenvalue weighted by Crippen LogP contribution is -2.25. The van der Waals surface area contributed by atoms with Crippen molar-refractivity contribution in [3.8, 4) is 5.75 Å². The number of hydrogen-bond acceptors (Lipinski definition) is 5. The van der Waals surface area contributed by atoms with Crippen molar-refractivity contribution in [1.82, 2.24) is 5.16 Å². The van der Waals surface area contributed by atoms with Gasteiger partial charge in [-0.05, 0) is 49.4 Å². The van der Waals surface area contributed by atoms with Crippen molar-refractivity contribution in [2.75, 3.05) is 18.5 Å². The minimum absolute atomic E-state index is 0.176. The van der Waals surface area contributed by atoms with Gasteiger partial charge in [0, 0.05) is 18.4 Å². The summed E-state index contributed by atoms with van der Waals surface area (Å²) in [5, 5.41) is 6.68. The van der Waals surface area contributed by atoms with Crippen LogP contribution in [0.1, 0.15) is 55.3 Å². The van der Waals surface area contributed by atoms with Gasteiger partial charge in [0.15, 0.2) is 0 Å². The summed E-state index contributed by atoms with van der Waals surface area (Å²) < 4.78 is 16.5. The molecule has 3 rings (SSSR count). The predicted octanol–water partition coefficient (Wildman–Crippen LogP) is 4.00. The summed E-state index contributed by atoms with van der Waals surface area (Å²) in [6, 6.07) is 8.93. The fourth-order valence-electron chi connectivity index (χ4n) is 2.62. The third-order valence-electron chi connectivity index (χ3n) is 4.17. The maximum absolute atomic E-state index is 12.2. The molecule has 0 aliphatic carbocycles. The number of anilines is 1. The molecule has 1 aliphatic heterocycles. The van der Waals surface area contributed by atoms with Crippen molar-refractivity contribution in [2.24, 2.45) is 0 Å². The van der Waals surface area contributed by atoms with Gasteiger partial charge in [-0.1, -0.05) is 19.0 Å². The first-order valence-corrected chi connectivity index (χ1v) is 8.74. The van der Waals surface area contributed by atoms with Gasteiger partial charge in [-0.3, -0.25) is 4.79 Å². The van der Waals surface area contributed by atoms with E-state index in [-0.39, 0.29) is 23.7 Å². The van der Waals surface area contributed by atoms with Gasteiger partial charge in [0.25, 0.3) is 5.91 Å². The van der Waals surface area contributed by atoms with Gasteiger partial charge in [0.2, 0.25) is 5.76 Å². The van der Waals surface area contributed by atoms with Gasteiger partial charge in [-0.2, -0.15) is 0 Å². The lowest BCUT2D eigenvalue weighted by atomic mass is 10.1. The molecule has 0 bridgehead atoms. The first kappa shape index (κ1) is 17.5. The summed E-state index contributed by atoms with van der Waals surface area (Å²) in [5.41, 5.74) is 1.44. The van der Waals surface area contributed by atoms with E-state index in [1.165, 1.54) is 6.42 Å². The van der Waals surface area contributed by atoms with Crippen molar-refractivity contribution in [1.29, 1.82) is 0 Å². The molecule has 1 aromatic heterocycles. The van der Waals surface area contributed by atoms with E-state index in [2.05, 4.69) is 10.5 Å². The Balaban J connectivity index is 1.51. The summed E-state index contributed by atoms with van der Waals surface area (Å²) in [6.07, 6.45) is 3.55. The van der Waals surface area contributed by atoms with Crippen LogP contribution in [0.3, 0.4) is 0 Å². The van der Waals surface area contributed by atoms with Gasteiger partial charge in [0.1, 0.15) is 12.4 Å². The van der Waals surface area contributed by atoms with Crippen LogP contribution in [0.25, 0.3) is 0 Å². The van der Waals surface area contributed by atoms with Crippen LogP contribution >= 0.6 is 0 Å². The maximum Gasteiger partial charge on any atom is 0.294 e. The minimum atomic E-state index is -0.316. The molecule has 6 nitrogen and oxygen atoms in total. The van der Waals surface area contributed by atoms with Crippen LogP contribution in [0.5, 0.6) is 5.75 Å². The van der Waals surface area contributed by atoms with Crippen LogP contribution in [0.2, 0.25) is 0 Å². The number of amides is 1. The Morgan fingerprint density at radius 3 is 2.76 bits per heavy atom. The Labute approximate surface area is 147 Å². The molecule has 2 heterocycles. The number of nitrogens with zero attached hydrogens (tertiary/aromatic N) is 1. The number of hydrogen-bond donors (Lipinski definition) is 1. The van der Waals surface area contributed by atoms with E-state index in [4.69, 9.17) is 14.0 Å². The Kier molecular flexibility index (Phi) is 5.71. The van der Waals surface area contributed by atoms with E-state index in [1.54, 1.807) is 18.2 Å². The second-order valence-corrected chi connectivity index (χ2v) is 6.55. The van der Waals surface area contributed by atoms with Crippen molar-refractivity contribution in [3.05, 3.63) is 41.8 Å². The van der Waals surface area contributed by atoms with E-state index in [9.17, 15) is 4.79 Å². The molecule has 2 aromatic rings. The highest BCUT2D eigenvalue weighted by molar-refractivity contribution is 6.02. The summed E-state index contributed by atoms with van der Waals surface area (Å²) >= 11 is 0. The van der Waals surface area contributed by atoms with Gasteiger partial charge in [0.05, 0.1) is 11.8 Å². The average molecular weight is 344 g/mol. The van der Waals surface area contributed by atoms with Crippen LogP contribution in [0.15, 0.2) is 34.9 Å². The summed E-state index contributed by atoms with van der Waals surface area (Å²) in [5.74, 6) is 0.867. The number of carbonyl (C=O) groups excluding carboxylic acids is 1. The number of benzene rings is 1. The molecule has 134 valence electrons. The van der Waals surface area contributed by atoms with Crippen molar-refractivity contribution >= 4 is 11.6 Å². The molecule has 1 atom stereocenters. The molecule has 1 fully saturated rings. The van der Waals surface area contributed by atoms with Crippen LogP contribution in [-0.4, -0.2) is 30.4 Å². The highest BCUT2D eigenvalue weighted by Crippen LogP contribution is 2.20. The van der Waals surface area contributed by atoms with E-state index in [0.717, 1.165) is 30.9 Å². The highest BCUT2D eigenvalue weighted by Gasteiger charge is 2.16. The average Bonchev–Trinajstić information content (AvgIpc) is 3.13. The molecule has 0 radical (unpaired) electrons. The molecule has 1 aromatic carbocycles. The highest BCUT2D eigenvalue weighted by atomic mass is 16.5. The largest absolute Gasteiger partial charge is 0.491 e. The smallest absolute Gasteiger partial charge is 0.294 e. The Morgan fingerprint density at radius 1 is 1.32 bits per heavy atom. The molecule has 0 saturated carbocycles. The molecule has 1 aliphatic rings. The molecule has 25 heavy (non-hydrogen) atoms. The summed E-state index contributed by atoms with van der Waals surface area (Å²) in [7, 11) is 0. The number of aromatic nitrogens is 1. The minimum Gasteiger partial charge on any atom is -0.491 e. The topological polar surface area (TPSA) is 73.6 Å². The third kappa shape index (κ3) is 4.82. The zero-order valence-electron chi connectivity index (χ0n) is 14.7. The molecule has 1 amide bonds. The number of nitrogens with one attached hydrogen (secondary N) is 1. The van der Waals surface area contributed by atoms with Crippen molar-refractivity contribution < 1.29 is 18.8 Å². The van der Waals surface area contributed by atoms with Crippen LogP contribution in [0.4, 0.5) is 5.69 Å². The zero-order chi connectivity index (χ0) is 17.6. The Morgan fingerprint density at radius 2 is 2.12 bits per heavy atom. The monoisotopic (exact) mass is 344 g/mol. The van der Waals surface area contributed by atoms with Gasteiger partial charge in [-0.25, -0.2) is 0 Å². The quantitative estimate of drug-likeness (QED) is 0.857. The number of ether oxygens (including phenoxy) is 2. The SMILES string of the molecule is CC(C)c1cc(C(=O)Nc2ccc(OCC3CCCCO3)cc2)on1. The second kappa shape index (κ2) is 8.16. The summed E-state index contributed by atoms with van der Waals surface area (Å²) in [4.78, 5) is 12.2. The van der Waals surface area contributed by atoms with Crippen LogP contribution in [0, 0.1) is 0 Å². The second-order valence-electron chi connectivity index (χ2n) is 6.55. The molecule has 6 heteroatoms. The molecule has 1 unspecified atom stereocenters. The van der Waals surface area contributed by atoms with E-state index in [1.807, 2.05) is 26.0 Å². The standard InChI is InChI=1S/C19H24N2O4/c1-13(2)17-11-18(25-21-17)19(22)20-14-6-8-15(9-7-14)24-12-16-5-3-4-10-23-16/h6-9,11,13,16H,3-5,10,12H2,1-2H3,(H,20,22). The Bertz CT molecular complexity index is 688. The fourth-order valence-corrected chi connectivity index (χ4v) is 2.62. The van der Waals surface area contributed by atoms with Gasteiger partial charge in [-0.15, -0.1) is 0 Å². The predicted molar refractivity (Wildman–Crippen MR) is 94.1 cm³/mol. The van der Waals surface area contributed by atoms with Gasteiger partial charge < -0.3 is 19.3 Å². The number of carbonyl (C=O) groups is 1. The van der Waals surface area contributed by atoms with Crippen LogP contribution in [-0.2, 0) is 4.74 Å². The fraction of sp³-hybridized carbons (Fsp3) is 0.474. The maximum atomic E-state index is 12.2. The molecular formula is C19H24N2O4. The Hall–Kier alpha value is -2.34. The summed E-state index contributed by atoms with van der Waals surface area (Å²) in [6.45, 7) is 5.37. The third-order valence-corrected chi connectivity index (χ3v) is 4.17. The lowest BCUT2D eigenvalue weighted by molar-refractivity contribution is -0.0110. The van der Waals surface area contributed by atoms with Gasteiger partial charge >= 0.3 is 0 Å². The molecular weight excluding hydrogens is 320 g/mol. The first-order valence-electron chi connectivity index (χ1n) is 8.74. The molecule has 1 saturated heterocycles. The number of rotatable bonds is 6. The first-order chi connectivity index (χ1) is 12.1. The van der Waals surface area contributed by atoms with Crippen molar-refractivity contribution in [3.63, 3.8) is 0 Å². The normalized spacial score (nSPS) is 17.5. The molecule has 0 spiro atoms. The van der Waals surface area contributed by atoms with Crippen molar-refractivity contribution in [2.45, 2.75) is 45.1 Å². The zero-order valence-corrected chi connectivity index (χ0v) is 14.7. The van der Waals surface area contributed by atoms with E-state index >= 15 is 0 Å². The van der Waals surface area contributed by atoms with E-state index < -0.39 is 0 Å². The molecule has 1 N–H and O–H groups in total. The van der Waals surface area contributed by atoms with Crippen LogP contribution < -0.4 is 10.1 Å².